The summed E-state index contributed by atoms with van der Waals surface area (Å²) in [6, 6.07) is 6.09. The molecule has 0 aliphatic carbocycles. The molecule has 1 unspecified atom stereocenters. The zero-order chi connectivity index (χ0) is 15.2. The zero-order valence-corrected chi connectivity index (χ0v) is 12.4. The summed E-state index contributed by atoms with van der Waals surface area (Å²) in [6.45, 7) is 3.93. The number of anilines is 1. The average molecular weight is 300 g/mol. The number of hydrogen-bond acceptors (Lipinski definition) is 4. The van der Waals surface area contributed by atoms with Gasteiger partial charge >= 0.3 is 5.97 Å². The van der Waals surface area contributed by atoms with Crippen molar-refractivity contribution in [3.63, 3.8) is 0 Å². The fourth-order valence-corrected chi connectivity index (χ4v) is 3.02. The molecule has 0 aliphatic heterocycles. The van der Waals surface area contributed by atoms with Crippen molar-refractivity contribution in [3.8, 4) is 0 Å². The predicted molar refractivity (Wildman–Crippen MR) is 77.3 cm³/mol. The lowest BCUT2D eigenvalue weighted by molar-refractivity contribution is -0.137. The number of para-hydroxylation sites is 1. The van der Waals surface area contributed by atoms with E-state index in [9.17, 15) is 13.2 Å². The second-order valence-corrected chi connectivity index (χ2v) is 6.27. The van der Waals surface area contributed by atoms with Crippen LogP contribution in [0.3, 0.4) is 0 Å². The van der Waals surface area contributed by atoms with Crippen molar-refractivity contribution >= 4 is 21.7 Å². The third-order valence-corrected chi connectivity index (χ3v) is 4.12. The van der Waals surface area contributed by atoms with Gasteiger partial charge in [0.2, 0.25) is 10.0 Å². The van der Waals surface area contributed by atoms with E-state index < -0.39 is 16.0 Å². The second kappa shape index (κ2) is 7.25. The molecule has 1 rings (SSSR count). The molecule has 1 aromatic rings. The Morgan fingerprint density at radius 2 is 2.00 bits per heavy atom. The van der Waals surface area contributed by atoms with Gasteiger partial charge in [0.1, 0.15) is 4.90 Å². The van der Waals surface area contributed by atoms with Gasteiger partial charge < -0.3 is 10.4 Å². The highest BCUT2D eigenvalue weighted by Gasteiger charge is 2.18. The van der Waals surface area contributed by atoms with Gasteiger partial charge in [0.15, 0.2) is 0 Å². The number of carboxylic acid groups (broad SMARTS) is 1. The van der Waals surface area contributed by atoms with Gasteiger partial charge in [-0.05, 0) is 25.5 Å². The van der Waals surface area contributed by atoms with Gasteiger partial charge in [-0.25, -0.2) is 13.1 Å². The summed E-state index contributed by atoms with van der Waals surface area (Å²) in [7, 11) is -3.59. The van der Waals surface area contributed by atoms with E-state index in [0.717, 1.165) is 0 Å². The van der Waals surface area contributed by atoms with Gasteiger partial charge in [-0.1, -0.05) is 19.1 Å². The van der Waals surface area contributed by atoms with E-state index in [1.54, 1.807) is 25.1 Å². The molecule has 1 aromatic carbocycles. The third kappa shape index (κ3) is 4.82. The number of aliphatic carboxylic acids is 1. The van der Waals surface area contributed by atoms with E-state index >= 15 is 0 Å². The van der Waals surface area contributed by atoms with Crippen LogP contribution >= 0.6 is 0 Å². The SMILES string of the molecule is CCCNS(=O)(=O)c1ccccc1NC(C)CC(=O)O. The Balaban J connectivity index is 2.96. The van der Waals surface area contributed by atoms with Crippen molar-refractivity contribution in [3.05, 3.63) is 24.3 Å². The molecule has 0 spiro atoms. The first-order valence-electron chi connectivity index (χ1n) is 6.44. The van der Waals surface area contributed by atoms with Gasteiger partial charge in [-0.2, -0.15) is 0 Å². The van der Waals surface area contributed by atoms with E-state index in [1.165, 1.54) is 6.07 Å². The summed E-state index contributed by atoms with van der Waals surface area (Å²) in [5, 5.41) is 11.7. The molecule has 0 saturated carbocycles. The quantitative estimate of drug-likeness (QED) is 0.678. The van der Waals surface area contributed by atoms with E-state index in [2.05, 4.69) is 10.0 Å². The monoisotopic (exact) mass is 300 g/mol. The molecule has 112 valence electrons. The average Bonchev–Trinajstić information content (AvgIpc) is 2.36. The van der Waals surface area contributed by atoms with Crippen LogP contribution in [0.5, 0.6) is 0 Å². The van der Waals surface area contributed by atoms with Crippen LogP contribution in [-0.4, -0.2) is 32.1 Å². The lowest BCUT2D eigenvalue weighted by Gasteiger charge is -2.17. The molecule has 1 atom stereocenters. The number of carbonyl (C=O) groups is 1. The molecule has 0 aromatic heterocycles. The predicted octanol–water partition coefficient (Wildman–Crippen LogP) is 1.65. The Morgan fingerprint density at radius 3 is 2.60 bits per heavy atom. The Hall–Kier alpha value is -1.60. The number of hydrogen-bond donors (Lipinski definition) is 3. The van der Waals surface area contributed by atoms with Crippen molar-refractivity contribution in [2.45, 2.75) is 37.6 Å². The van der Waals surface area contributed by atoms with E-state index in [-0.39, 0.29) is 17.4 Å². The van der Waals surface area contributed by atoms with Crippen LogP contribution in [0, 0.1) is 0 Å². The summed E-state index contributed by atoms with van der Waals surface area (Å²) >= 11 is 0. The maximum atomic E-state index is 12.1. The molecule has 0 fully saturated rings. The second-order valence-electron chi connectivity index (χ2n) is 4.54. The fraction of sp³-hybridized carbons (Fsp3) is 0.462. The molecule has 0 bridgehead atoms. The minimum absolute atomic E-state index is 0.0865. The third-order valence-electron chi connectivity index (χ3n) is 2.60. The summed E-state index contributed by atoms with van der Waals surface area (Å²) < 4.78 is 26.8. The summed E-state index contributed by atoms with van der Waals surface area (Å²) in [4.78, 5) is 10.8. The number of nitrogens with one attached hydrogen (secondary N) is 2. The number of rotatable bonds is 8. The van der Waals surface area contributed by atoms with Crippen molar-refractivity contribution in [2.75, 3.05) is 11.9 Å². The standard InChI is InChI=1S/C13H20N2O4S/c1-3-8-14-20(18,19)12-7-5-4-6-11(12)15-10(2)9-13(16)17/h4-7,10,14-15H,3,8-9H2,1-2H3,(H,16,17). The van der Waals surface area contributed by atoms with Crippen LogP contribution in [0.4, 0.5) is 5.69 Å². The molecule has 0 radical (unpaired) electrons. The number of benzene rings is 1. The molecule has 0 amide bonds. The summed E-state index contributed by atoms with van der Waals surface area (Å²) in [6.07, 6.45) is 0.612. The molecular formula is C13H20N2O4S. The molecule has 7 heteroatoms. The Morgan fingerprint density at radius 1 is 1.35 bits per heavy atom. The summed E-state index contributed by atoms with van der Waals surface area (Å²) in [5.41, 5.74) is 0.407. The molecule has 20 heavy (non-hydrogen) atoms. The highest BCUT2D eigenvalue weighted by atomic mass is 32.2. The zero-order valence-electron chi connectivity index (χ0n) is 11.6. The van der Waals surface area contributed by atoms with Crippen LogP contribution in [0.2, 0.25) is 0 Å². The molecule has 6 nitrogen and oxygen atoms in total. The number of carboxylic acids is 1. The van der Waals surface area contributed by atoms with Crippen LogP contribution in [0.1, 0.15) is 26.7 Å². The van der Waals surface area contributed by atoms with E-state index in [1.807, 2.05) is 6.92 Å². The first-order chi connectivity index (χ1) is 9.36. The first kappa shape index (κ1) is 16.5. The largest absolute Gasteiger partial charge is 0.481 e. The van der Waals surface area contributed by atoms with Gasteiger partial charge in [0.05, 0.1) is 12.1 Å². The van der Waals surface area contributed by atoms with Crippen LogP contribution in [-0.2, 0) is 14.8 Å². The van der Waals surface area contributed by atoms with Gasteiger partial charge in [-0.15, -0.1) is 0 Å². The van der Waals surface area contributed by atoms with E-state index in [0.29, 0.717) is 18.7 Å². The van der Waals surface area contributed by atoms with Crippen molar-refractivity contribution in [1.82, 2.24) is 4.72 Å². The minimum atomic E-state index is -3.59. The Labute approximate surface area is 119 Å². The molecule has 0 saturated heterocycles. The van der Waals surface area contributed by atoms with Crippen molar-refractivity contribution in [1.29, 1.82) is 0 Å². The molecular weight excluding hydrogens is 280 g/mol. The number of sulfonamides is 1. The van der Waals surface area contributed by atoms with Gasteiger partial charge in [0, 0.05) is 12.6 Å². The first-order valence-corrected chi connectivity index (χ1v) is 7.92. The molecule has 0 aliphatic rings. The lowest BCUT2D eigenvalue weighted by Crippen LogP contribution is -2.27. The topological polar surface area (TPSA) is 95.5 Å². The molecule has 0 heterocycles. The Bertz CT molecular complexity index is 557. The van der Waals surface area contributed by atoms with E-state index in [4.69, 9.17) is 5.11 Å². The van der Waals surface area contributed by atoms with Crippen molar-refractivity contribution < 1.29 is 18.3 Å². The van der Waals surface area contributed by atoms with Gasteiger partial charge in [0.25, 0.3) is 0 Å². The molecule has 3 N–H and O–H groups in total. The smallest absolute Gasteiger partial charge is 0.305 e. The minimum Gasteiger partial charge on any atom is -0.481 e. The van der Waals surface area contributed by atoms with Crippen LogP contribution in [0.15, 0.2) is 29.2 Å². The van der Waals surface area contributed by atoms with Crippen molar-refractivity contribution in [2.24, 2.45) is 0 Å². The Kier molecular flexibility index (Phi) is 5.97. The highest BCUT2D eigenvalue weighted by molar-refractivity contribution is 7.89. The fourth-order valence-electron chi connectivity index (χ4n) is 1.71. The highest BCUT2D eigenvalue weighted by Crippen LogP contribution is 2.21. The normalized spacial score (nSPS) is 12.9. The maximum absolute atomic E-state index is 12.1. The summed E-state index contributed by atoms with van der Waals surface area (Å²) in [5.74, 6) is -0.936. The maximum Gasteiger partial charge on any atom is 0.305 e. The lowest BCUT2D eigenvalue weighted by atomic mass is 10.2. The van der Waals surface area contributed by atoms with Gasteiger partial charge in [-0.3, -0.25) is 4.79 Å². The van der Waals surface area contributed by atoms with Crippen LogP contribution < -0.4 is 10.0 Å². The van der Waals surface area contributed by atoms with Crippen LogP contribution in [0.25, 0.3) is 0 Å².